The molecule has 0 aromatic carbocycles. The summed E-state index contributed by atoms with van der Waals surface area (Å²) in [6, 6.07) is 2.16. The molecule has 8 nitrogen and oxygen atoms in total. The summed E-state index contributed by atoms with van der Waals surface area (Å²) in [5, 5.41) is 26.0. The average Bonchev–Trinajstić information content (AvgIpc) is 3.26. The highest BCUT2D eigenvalue weighted by atomic mass is 32.2. The number of nitrogens with zero attached hydrogens (tertiary/aromatic N) is 6. The molecule has 3 heterocycles. The fourth-order valence-corrected chi connectivity index (χ4v) is 3.95. The van der Waals surface area contributed by atoms with Crippen LogP contribution in [-0.4, -0.2) is 29.5 Å². The molecule has 0 aliphatic rings. The maximum absolute atomic E-state index is 10.7. The highest BCUT2D eigenvalue weighted by Gasteiger charge is 2.14. The minimum Gasteiger partial charge on any atom is -0.305 e. The zero-order chi connectivity index (χ0) is 17.1. The van der Waals surface area contributed by atoms with Gasteiger partial charge in [-0.25, -0.2) is 0 Å². The van der Waals surface area contributed by atoms with Crippen LogP contribution < -0.4 is 0 Å². The largest absolute Gasteiger partial charge is 0.307 e. The molecule has 0 spiro atoms. The first-order chi connectivity index (χ1) is 11.6. The van der Waals surface area contributed by atoms with Crippen LogP contribution >= 0.6 is 23.1 Å². The topological polar surface area (TPSA) is 91.7 Å². The maximum atomic E-state index is 10.7. The van der Waals surface area contributed by atoms with Crippen molar-refractivity contribution in [3.05, 3.63) is 38.8 Å². The first kappa shape index (κ1) is 16.7. The summed E-state index contributed by atoms with van der Waals surface area (Å²) >= 11 is 3.17. The second-order valence-electron chi connectivity index (χ2n) is 5.19. The molecule has 10 heteroatoms. The van der Waals surface area contributed by atoms with E-state index >= 15 is 0 Å². The quantitative estimate of drug-likeness (QED) is 0.363. The van der Waals surface area contributed by atoms with Crippen molar-refractivity contribution in [2.45, 2.75) is 30.8 Å². The minimum atomic E-state index is -0.459. The molecule has 126 valence electrons. The van der Waals surface area contributed by atoms with E-state index in [0.717, 1.165) is 29.4 Å². The number of thioether (sulfide) groups is 1. The molecule has 0 atom stereocenters. The molecule has 3 aromatic heterocycles. The highest BCUT2D eigenvalue weighted by Crippen LogP contribution is 2.28. The van der Waals surface area contributed by atoms with Gasteiger partial charge in [0.2, 0.25) is 0 Å². The zero-order valence-electron chi connectivity index (χ0n) is 13.2. The van der Waals surface area contributed by atoms with Crippen LogP contribution in [0.4, 0.5) is 5.69 Å². The van der Waals surface area contributed by atoms with Crippen molar-refractivity contribution >= 4 is 28.8 Å². The lowest BCUT2D eigenvalue weighted by Crippen LogP contribution is -1.98. The third-order valence-corrected chi connectivity index (χ3v) is 5.40. The third-order valence-electron chi connectivity index (χ3n) is 3.40. The van der Waals surface area contributed by atoms with Crippen molar-refractivity contribution in [1.82, 2.24) is 24.5 Å². The standard InChI is InChI=1S/C14H16N6O2S2/c1-3-4-12-5-10(8-23-12)13-16-17-14(18(13)2)24-9-19-7-11(6-15-19)20(21)22/h5-8H,3-4,9H2,1-2H3. The Kier molecular flexibility index (Phi) is 4.95. The van der Waals surface area contributed by atoms with Crippen molar-refractivity contribution in [1.29, 1.82) is 0 Å². The van der Waals surface area contributed by atoms with Gasteiger partial charge in [-0.05, 0) is 12.5 Å². The van der Waals surface area contributed by atoms with Gasteiger partial charge in [-0.15, -0.1) is 21.5 Å². The molecule has 0 unspecified atom stereocenters. The van der Waals surface area contributed by atoms with Crippen LogP contribution in [0.2, 0.25) is 0 Å². The summed E-state index contributed by atoms with van der Waals surface area (Å²) in [5.41, 5.74) is 1.05. The van der Waals surface area contributed by atoms with E-state index in [-0.39, 0.29) is 5.69 Å². The lowest BCUT2D eigenvalue weighted by molar-refractivity contribution is -0.385. The summed E-state index contributed by atoms with van der Waals surface area (Å²) in [5.74, 6) is 1.26. The van der Waals surface area contributed by atoms with Crippen LogP contribution in [0, 0.1) is 10.1 Å². The Labute approximate surface area is 146 Å². The molecule has 0 aliphatic heterocycles. The van der Waals surface area contributed by atoms with Gasteiger partial charge >= 0.3 is 5.69 Å². The zero-order valence-corrected chi connectivity index (χ0v) is 14.9. The van der Waals surface area contributed by atoms with Gasteiger partial charge in [0, 0.05) is 22.9 Å². The summed E-state index contributed by atoms with van der Waals surface area (Å²) in [7, 11) is 1.92. The van der Waals surface area contributed by atoms with Crippen LogP contribution in [0.15, 0.2) is 29.0 Å². The molecule has 24 heavy (non-hydrogen) atoms. The lowest BCUT2D eigenvalue weighted by Gasteiger charge is -2.02. The summed E-state index contributed by atoms with van der Waals surface area (Å²) < 4.78 is 3.45. The second-order valence-corrected chi connectivity index (χ2v) is 7.09. The second kappa shape index (κ2) is 7.14. The molecule has 3 rings (SSSR count). The van der Waals surface area contributed by atoms with E-state index in [0.29, 0.717) is 5.88 Å². The SMILES string of the molecule is CCCc1cc(-c2nnc(SCn3cc([N+](=O)[O-])cn3)n2C)cs1. The Balaban J connectivity index is 1.70. The molecular formula is C14H16N6O2S2. The van der Waals surface area contributed by atoms with E-state index in [1.807, 2.05) is 11.6 Å². The van der Waals surface area contributed by atoms with E-state index in [1.54, 1.807) is 11.3 Å². The van der Waals surface area contributed by atoms with Crippen molar-refractivity contribution < 1.29 is 4.92 Å². The molecule has 0 amide bonds. The predicted molar refractivity (Wildman–Crippen MR) is 93.0 cm³/mol. The first-order valence-corrected chi connectivity index (χ1v) is 9.21. The van der Waals surface area contributed by atoms with Crippen LogP contribution in [0.1, 0.15) is 18.2 Å². The fraction of sp³-hybridized carbons (Fsp3) is 0.357. The summed E-state index contributed by atoms with van der Waals surface area (Å²) in [6.07, 6.45) is 4.83. The van der Waals surface area contributed by atoms with Crippen LogP contribution in [0.3, 0.4) is 0 Å². The molecule has 0 saturated heterocycles. The van der Waals surface area contributed by atoms with Gasteiger partial charge in [-0.2, -0.15) is 5.10 Å². The van der Waals surface area contributed by atoms with Gasteiger partial charge in [-0.3, -0.25) is 14.8 Å². The predicted octanol–water partition coefficient (Wildman–Crippen LogP) is 3.35. The minimum absolute atomic E-state index is 0.0176. The van der Waals surface area contributed by atoms with Gasteiger partial charge < -0.3 is 4.57 Å². The fourth-order valence-electron chi connectivity index (χ4n) is 2.21. The molecule has 0 bridgehead atoms. The Morgan fingerprint density at radius 1 is 1.42 bits per heavy atom. The van der Waals surface area contributed by atoms with E-state index in [9.17, 15) is 10.1 Å². The number of rotatable bonds is 7. The van der Waals surface area contributed by atoms with E-state index < -0.39 is 4.92 Å². The van der Waals surface area contributed by atoms with Crippen molar-refractivity contribution in [2.75, 3.05) is 0 Å². The van der Waals surface area contributed by atoms with Crippen molar-refractivity contribution in [2.24, 2.45) is 7.05 Å². The van der Waals surface area contributed by atoms with Crippen molar-refractivity contribution in [3.8, 4) is 11.4 Å². The van der Waals surface area contributed by atoms with Crippen LogP contribution in [-0.2, 0) is 19.3 Å². The Morgan fingerprint density at radius 2 is 2.25 bits per heavy atom. The average molecular weight is 364 g/mol. The number of nitro groups is 1. The van der Waals surface area contributed by atoms with Gasteiger partial charge in [0.25, 0.3) is 0 Å². The number of aromatic nitrogens is 5. The number of hydrogen-bond donors (Lipinski definition) is 0. The Hall–Kier alpha value is -2.20. The van der Waals surface area contributed by atoms with E-state index in [1.165, 1.54) is 33.7 Å². The van der Waals surface area contributed by atoms with Gasteiger partial charge in [0.15, 0.2) is 11.0 Å². The highest BCUT2D eigenvalue weighted by molar-refractivity contribution is 7.98. The summed E-state index contributed by atoms with van der Waals surface area (Å²) in [6.45, 7) is 2.16. The molecule has 0 radical (unpaired) electrons. The summed E-state index contributed by atoms with van der Waals surface area (Å²) in [4.78, 5) is 11.6. The van der Waals surface area contributed by atoms with E-state index in [2.05, 4.69) is 33.7 Å². The Bertz CT molecular complexity index is 853. The molecule has 0 aliphatic carbocycles. The van der Waals surface area contributed by atoms with Gasteiger partial charge in [0.05, 0.1) is 10.8 Å². The number of thiophene rings is 1. The normalized spacial score (nSPS) is 11.1. The molecule has 0 saturated carbocycles. The number of aryl methyl sites for hydroxylation is 1. The smallest absolute Gasteiger partial charge is 0.305 e. The Morgan fingerprint density at radius 3 is 2.96 bits per heavy atom. The molecule has 3 aromatic rings. The first-order valence-electron chi connectivity index (χ1n) is 7.35. The van der Waals surface area contributed by atoms with Crippen LogP contribution in [0.25, 0.3) is 11.4 Å². The molecule has 0 fully saturated rings. The molecular weight excluding hydrogens is 348 g/mol. The van der Waals surface area contributed by atoms with Crippen LogP contribution in [0.5, 0.6) is 0 Å². The van der Waals surface area contributed by atoms with Gasteiger partial charge in [-0.1, -0.05) is 25.1 Å². The third kappa shape index (κ3) is 3.49. The van der Waals surface area contributed by atoms with Gasteiger partial charge in [0.1, 0.15) is 12.4 Å². The maximum Gasteiger partial charge on any atom is 0.307 e. The van der Waals surface area contributed by atoms with Crippen molar-refractivity contribution in [3.63, 3.8) is 0 Å². The lowest BCUT2D eigenvalue weighted by atomic mass is 10.2. The monoisotopic (exact) mass is 364 g/mol. The molecule has 0 N–H and O–H groups in total. The number of hydrogen-bond acceptors (Lipinski definition) is 7. The van der Waals surface area contributed by atoms with E-state index in [4.69, 9.17) is 0 Å².